The van der Waals surface area contributed by atoms with Crippen molar-refractivity contribution in [1.82, 2.24) is 9.62 Å². The van der Waals surface area contributed by atoms with E-state index in [2.05, 4.69) is 4.72 Å². The molecule has 31 heavy (non-hydrogen) atoms. The van der Waals surface area contributed by atoms with Crippen molar-refractivity contribution in [3.63, 3.8) is 0 Å². The van der Waals surface area contributed by atoms with Crippen molar-refractivity contribution in [3.8, 4) is 0 Å². The lowest BCUT2D eigenvalue weighted by atomic mass is 10.0. The Balaban J connectivity index is 1.77. The number of carbonyl (C=O) groups is 1. The molecular weight excluding hydrogens is 412 g/mol. The second-order valence-electron chi connectivity index (χ2n) is 8.24. The molecule has 0 unspecified atom stereocenters. The quantitative estimate of drug-likeness (QED) is 0.635. The molecule has 0 spiro atoms. The van der Waals surface area contributed by atoms with Gasteiger partial charge >= 0.3 is 0 Å². The van der Waals surface area contributed by atoms with Gasteiger partial charge in [-0.2, -0.15) is 0 Å². The Labute approximate surface area is 183 Å². The zero-order valence-electron chi connectivity index (χ0n) is 18.2. The molecule has 1 aromatic heterocycles. The first-order chi connectivity index (χ1) is 14.8. The number of benzene rings is 2. The van der Waals surface area contributed by atoms with Gasteiger partial charge in [-0.25, -0.2) is 13.1 Å². The number of amides is 1. The van der Waals surface area contributed by atoms with Crippen molar-refractivity contribution < 1.29 is 17.6 Å². The summed E-state index contributed by atoms with van der Waals surface area (Å²) in [5, 5.41) is 0.670. The van der Waals surface area contributed by atoms with Crippen molar-refractivity contribution in [2.75, 3.05) is 13.1 Å². The van der Waals surface area contributed by atoms with E-state index in [4.69, 9.17) is 4.42 Å². The third kappa shape index (κ3) is 4.12. The van der Waals surface area contributed by atoms with Crippen LogP contribution >= 0.6 is 0 Å². The van der Waals surface area contributed by atoms with Crippen LogP contribution in [-0.4, -0.2) is 32.3 Å². The SMILES string of the molecule is Cc1cc2c(C)c(C(=O)N3CCCCC3)oc2c(S(=O)(=O)NCc2ccccc2)c1C. The van der Waals surface area contributed by atoms with Crippen LogP contribution in [-0.2, 0) is 16.6 Å². The van der Waals surface area contributed by atoms with E-state index in [1.54, 1.807) is 11.8 Å². The lowest BCUT2D eigenvalue weighted by Crippen LogP contribution is -2.35. The van der Waals surface area contributed by atoms with Crippen LogP contribution in [0.3, 0.4) is 0 Å². The van der Waals surface area contributed by atoms with Gasteiger partial charge in [-0.3, -0.25) is 4.79 Å². The number of fused-ring (bicyclic) bond motifs is 1. The van der Waals surface area contributed by atoms with Crippen LogP contribution in [0.1, 0.15) is 52.1 Å². The molecule has 1 fully saturated rings. The molecule has 1 saturated heterocycles. The van der Waals surface area contributed by atoms with Crippen molar-refractivity contribution >= 4 is 26.9 Å². The van der Waals surface area contributed by atoms with Gasteiger partial charge in [-0.05, 0) is 62.8 Å². The minimum Gasteiger partial charge on any atom is -0.449 e. The standard InChI is InChI=1S/C24H28N2O4S/c1-16-14-20-18(3)21(24(27)26-12-8-5-9-13-26)30-22(20)23(17(16)2)31(28,29)25-15-19-10-6-4-7-11-19/h4,6-7,10-11,14,25H,5,8-9,12-13,15H2,1-3H3. The van der Waals surface area contributed by atoms with E-state index in [1.807, 2.05) is 50.2 Å². The van der Waals surface area contributed by atoms with Gasteiger partial charge in [0, 0.05) is 30.6 Å². The molecule has 0 atom stereocenters. The number of piperidine rings is 1. The average Bonchev–Trinajstić information content (AvgIpc) is 3.09. The smallest absolute Gasteiger partial charge is 0.289 e. The van der Waals surface area contributed by atoms with Crippen molar-refractivity contribution in [1.29, 1.82) is 0 Å². The predicted octanol–water partition coefficient (Wildman–Crippen LogP) is 4.46. The van der Waals surface area contributed by atoms with Crippen LogP contribution < -0.4 is 4.72 Å². The summed E-state index contributed by atoms with van der Waals surface area (Å²) in [4.78, 5) is 15.0. The van der Waals surface area contributed by atoms with E-state index in [0.717, 1.165) is 30.4 Å². The van der Waals surface area contributed by atoms with Crippen LogP contribution in [0, 0.1) is 20.8 Å². The highest BCUT2D eigenvalue weighted by molar-refractivity contribution is 7.89. The van der Waals surface area contributed by atoms with Crippen LogP contribution in [0.5, 0.6) is 0 Å². The maximum atomic E-state index is 13.3. The van der Waals surface area contributed by atoms with E-state index < -0.39 is 10.0 Å². The molecule has 4 rings (SSSR count). The lowest BCUT2D eigenvalue weighted by molar-refractivity contribution is 0.0693. The molecule has 164 valence electrons. The summed E-state index contributed by atoms with van der Waals surface area (Å²) in [5.41, 5.74) is 3.27. The Hall–Kier alpha value is -2.64. The first kappa shape index (κ1) is 21.6. The Morgan fingerprint density at radius 2 is 1.71 bits per heavy atom. The van der Waals surface area contributed by atoms with Gasteiger partial charge in [-0.15, -0.1) is 0 Å². The molecule has 2 aromatic carbocycles. The minimum atomic E-state index is -3.86. The molecule has 0 saturated carbocycles. The molecule has 1 aliphatic heterocycles. The molecule has 1 aliphatic rings. The minimum absolute atomic E-state index is 0.110. The number of rotatable bonds is 5. The largest absolute Gasteiger partial charge is 0.449 e. The van der Waals surface area contributed by atoms with Gasteiger partial charge in [0.2, 0.25) is 10.0 Å². The molecule has 2 heterocycles. The molecule has 0 radical (unpaired) electrons. The second-order valence-corrected chi connectivity index (χ2v) is 9.95. The molecule has 1 amide bonds. The lowest BCUT2D eigenvalue weighted by Gasteiger charge is -2.25. The van der Waals surface area contributed by atoms with Gasteiger partial charge < -0.3 is 9.32 Å². The van der Waals surface area contributed by atoms with E-state index in [-0.39, 0.29) is 28.7 Å². The van der Waals surface area contributed by atoms with E-state index in [1.165, 1.54) is 0 Å². The molecule has 1 N–H and O–H groups in total. The molecule has 0 aliphatic carbocycles. The summed E-state index contributed by atoms with van der Waals surface area (Å²) in [5.74, 6) is 0.0747. The monoisotopic (exact) mass is 440 g/mol. The van der Waals surface area contributed by atoms with E-state index in [9.17, 15) is 13.2 Å². The van der Waals surface area contributed by atoms with Gasteiger partial charge in [-0.1, -0.05) is 30.3 Å². The summed E-state index contributed by atoms with van der Waals surface area (Å²) in [6, 6.07) is 11.3. The maximum Gasteiger partial charge on any atom is 0.289 e. The topological polar surface area (TPSA) is 79.6 Å². The Bertz CT molecular complexity index is 1220. The highest BCUT2D eigenvalue weighted by atomic mass is 32.2. The summed E-state index contributed by atoms with van der Waals surface area (Å²) in [7, 11) is -3.86. The number of aryl methyl sites for hydroxylation is 2. The number of nitrogens with zero attached hydrogens (tertiary/aromatic N) is 1. The molecule has 3 aromatic rings. The second kappa shape index (κ2) is 8.48. The third-order valence-electron chi connectivity index (χ3n) is 6.11. The third-order valence-corrected chi connectivity index (χ3v) is 7.66. The van der Waals surface area contributed by atoms with Gasteiger partial charge in [0.1, 0.15) is 4.90 Å². The number of sulfonamides is 1. The Morgan fingerprint density at radius 1 is 1.03 bits per heavy atom. The Kier molecular flexibility index (Phi) is 5.90. The average molecular weight is 441 g/mol. The van der Waals surface area contributed by atoms with Gasteiger partial charge in [0.25, 0.3) is 5.91 Å². The normalized spacial score (nSPS) is 14.9. The van der Waals surface area contributed by atoms with E-state index in [0.29, 0.717) is 29.6 Å². The van der Waals surface area contributed by atoms with Crippen molar-refractivity contribution in [2.24, 2.45) is 0 Å². The van der Waals surface area contributed by atoms with Gasteiger partial charge in [0.15, 0.2) is 11.3 Å². The summed E-state index contributed by atoms with van der Waals surface area (Å²) in [6.45, 7) is 7.07. The van der Waals surface area contributed by atoms with Crippen LogP contribution in [0.4, 0.5) is 0 Å². The highest BCUT2D eigenvalue weighted by Gasteiger charge is 2.30. The fraction of sp³-hybridized carbons (Fsp3) is 0.375. The maximum absolute atomic E-state index is 13.3. The first-order valence-electron chi connectivity index (χ1n) is 10.7. The summed E-state index contributed by atoms with van der Waals surface area (Å²) in [6.07, 6.45) is 3.08. The summed E-state index contributed by atoms with van der Waals surface area (Å²) < 4.78 is 35.3. The number of hydrogen-bond acceptors (Lipinski definition) is 4. The van der Waals surface area contributed by atoms with Crippen LogP contribution in [0.2, 0.25) is 0 Å². The van der Waals surface area contributed by atoms with E-state index >= 15 is 0 Å². The number of hydrogen-bond donors (Lipinski definition) is 1. The summed E-state index contributed by atoms with van der Waals surface area (Å²) >= 11 is 0. The molecule has 7 heteroatoms. The van der Waals surface area contributed by atoms with Crippen LogP contribution in [0.15, 0.2) is 45.7 Å². The number of carbonyl (C=O) groups excluding carboxylic acids is 1. The highest BCUT2D eigenvalue weighted by Crippen LogP contribution is 2.35. The number of likely N-dealkylation sites (tertiary alicyclic amines) is 1. The fourth-order valence-corrected chi connectivity index (χ4v) is 5.62. The van der Waals surface area contributed by atoms with Gasteiger partial charge in [0.05, 0.1) is 0 Å². The zero-order chi connectivity index (χ0) is 22.2. The fourth-order valence-electron chi connectivity index (χ4n) is 4.16. The predicted molar refractivity (Wildman–Crippen MR) is 121 cm³/mol. The zero-order valence-corrected chi connectivity index (χ0v) is 19.0. The van der Waals surface area contributed by atoms with Crippen molar-refractivity contribution in [2.45, 2.75) is 51.5 Å². The number of furan rings is 1. The first-order valence-corrected chi connectivity index (χ1v) is 12.1. The molecule has 6 nitrogen and oxygen atoms in total. The van der Waals surface area contributed by atoms with Crippen molar-refractivity contribution in [3.05, 3.63) is 64.4 Å². The Morgan fingerprint density at radius 3 is 2.39 bits per heavy atom. The molecule has 0 bridgehead atoms. The number of nitrogens with one attached hydrogen (secondary N) is 1. The van der Waals surface area contributed by atoms with Crippen LogP contribution in [0.25, 0.3) is 11.0 Å². The molecular formula is C24H28N2O4S.